The van der Waals surface area contributed by atoms with Crippen molar-refractivity contribution in [2.24, 2.45) is 5.41 Å². The van der Waals surface area contributed by atoms with Gasteiger partial charge in [0.25, 0.3) is 11.5 Å². The topological polar surface area (TPSA) is 83.4 Å². The van der Waals surface area contributed by atoms with Crippen LogP contribution in [0.25, 0.3) is 0 Å². The van der Waals surface area contributed by atoms with E-state index in [1.54, 1.807) is 13.8 Å². The molecule has 0 atom stereocenters. The molecule has 1 aromatic rings. The fourth-order valence-corrected chi connectivity index (χ4v) is 4.52. The maximum Gasteiger partial charge on any atom is 0.255 e. The third-order valence-corrected chi connectivity index (χ3v) is 6.18. The van der Waals surface area contributed by atoms with Crippen LogP contribution in [0.5, 0.6) is 0 Å². The summed E-state index contributed by atoms with van der Waals surface area (Å²) in [4.78, 5) is 39.8. The molecule has 0 unspecified atom stereocenters. The summed E-state index contributed by atoms with van der Waals surface area (Å²) in [6.07, 6.45) is 3.21. The molecule has 2 fully saturated rings. The van der Waals surface area contributed by atoms with Gasteiger partial charge >= 0.3 is 0 Å². The molecule has 162 valence electrons. The second kappa shape index (κ2) is 9.30. The second-order valence-electron chi connectivity index (χ2n) is 8.65. The zero-order chi connectivity index (χ0) is 20.5. The van der Waals surface area contributed by atoms with Crippen LogP contribution in [0.4, 0.5) is 0 Å². The average molecular weight is 425 g/mol. The van der Waals surface area contributed by atoms with Crippen molar-refractivity contribution >= 4 is 24.2 Å². The minimum atomic E-state index is -0.250. The molecule has 2 aliphatic rings. The van der Waals surface area contributed by atoms with Gasteiger partial charge in [-0.2, -0.15) is 0 Å². The molecule has 8 heteroatoms. The second-order valence-corrected chi connectivity index (χ2v) is 8.65. The number of rotatable bonds is 4. The van der Waals surface area contributed by atoms with E-state index in [0.717, 1.165) is 39.0 Å². The highest BCUT2D eigenvalue weighted by Crippen LogP contribution is 2.37. The first kappa shape index (κ1) is 23.4. The quantitative estimate of drug-likeness (QED) is 0.769. The van der Waals surface area contributed by atoms with Crippen molar-refractivity contribution in [1.82, 2.24) is 20.1 Å². The van der Waals surface area contributed by atoms with E-state index in [-0.39, 0.29) is 42.4 Å². The van der Waals surface area contributed by atoms with Gasteiger partial charge in [0.2, 0.25) is 5.91 Å². The molecule has 0 bridgehead atoms. The average Bonchev–Trinajstić information content (AvgIpc) is 3.06. The number of carbonyl (C=O) groups is 2. The Hall–Kier alpha value is -1.86. The molecule has 2 saturated heterocycles. The highest BCUT2D eigenvalue weighted by Gasteiger charge is 2.38. The van der Waals surface area contributed by atoms with E-state index in [2.05, 4.69) is 10.6 Å². The first-order valence-electron chi connectivity index (χ1n) is 10.2. The van der Waals surface area contributed by atoms with E-state index in [4.69, 9.17) is 0 Å². The Balaban J connectivity index is 0.00000300. The smallest absolute Gasteiger partial charge is 0.255 e. The molecule has 1 aromatic heterocycles. The van der Waals surface area contributed by atoms with E-state index in [0.29, 0.717) is 22.2 Å². The Morgan fingerprint density at radius 2 is 1.86 bits per heavy atom. The van der Waals surface area contributed by atoms with Crippen molar-refractivity contribution in [3.8, 4) is 0 Å². The van der Waals surface area contributed by atoms with Gasteiger partial charge in [-0.15, -0.1) is 12.4 Å². The SMILES string of the molecule is Cc1cc(=O)n(CC(=O)NC(C)C)c(C)c1C(=O)N1CCC2(CCNC2)CC1.Cl. The number of carbonyl (C=O) groups excluding carboxylic acids is 2. The summed E-state index contributed by atoms with van der Waals surface area (Å²) >= 11 is 0. The van der Waals surface area contributed by atoms with Crippen LogP contribution in [0.1, 0.15) is 54.7 Å². The number of halogens is 1. The standard InChI is InChI=1S/C21H32N4O3.ClH/c1-14(2)23-17(26)12-25-16(4)19(15(3)11-18(25)27)20(28)24-9-6-21(7-10-24)5-8-22-13-21;/h11,14,22H,5-10,12-13H2,1-4H3,(H,23,26);1H. The van der Waals surface area contributed by atoms with Crippen LogP contribution in [-0.2, 0) is 11.3 Å². The van der Waals surface area contributed by atoms with E-state index < -0.39 is 0 Å². The maximum atomic E-state index is 13.3. The van der Waals surface area contributed by atoms with Crippen molar-refractivity contribution in [3.63, 3.8) is 0 Å². The highest BCUT2D eigenvalue weighted by atomic mass is 35.5. The lowest BCUT2D eigenvalue weighted by molar-refractivity contribution is -0.122. The lowest BCUT2D eigenvalue weighted by atomic mass is 9.77. The van der Waals surface area contributed by atoms with Crippen LogP contribution >= 0.6 is 12.4 Å². The van der Waals surface area contributed by atoms with Crippen LogP contribution in [0.2, 0.25) is 0 Å². The molecule has 2 aliphatic heterocycles. The predicted octanol–water partition coefficient (Wildman–Crippen LogP) is 1.63. The van der Waals surface area contributed by atoms with Crippen LogP contribution in [0.15, 0.2) is 10.9 Å². The van der Waals surface area contributed by atoms with Gasteiger partial charge in [0, 0.05) is 37.4 Å². The van der Waals surface area contributed by atoms with Gasteiger partial charge in [0.1, 0.15) is 6.54 Å². The monoisotopic (exact) mass is 424 g/mol. The Morgan fingerprint density at radius 1 is 1.21 bits per heavy atom. The molecular weight excluding hydrogens is 392 g/mol. The maximum absolute atomic E-state index is 13.3. The number of hydrogen-bond acceptors (Lipinski definition) is 4. The van der Waals surface area contributed by atoms with Crippen LogP contribution < -0.4 is 16.2 Å². The number of aryl methyl sites for hydroxylation is 1. The summed E-state index contributed by atoms with van der Waals surface area (Å²) in [6.45, 7) is 10.8. The van der Waals surface area contributed by atoms with Gasteiger partial charge in [-0.05, 0) is 64.5 Å². The Labute approximate surface area is 178 Å². The summed E-state index contributed by atoms with van der Waals surface area (Å²) in [7, 11) is 0. The van der Waals surface area contributed by atoms with E-state index in [1.807, 2.05) is 18.7 Å². The Bertz CT molecular complexity index is 818. The summed E-state index contributed by atoms with van der Waals surface area (Å²) < 4.78 is 1.41. The van der Waals surface area contributed by atoms with Crippen LogP contribution in [0.3, 0.4) is 0 Å². The van der Waals surface area contributed by atoms with Gasteiger partial charge < -0.3 is 20.1 Å². The highest BCUT2D eigenvalue weighted by molar-refractivity contribution is 5.96. The third kappa shape index (κ3) is 5.01. The van der Waals surface area contributed by atoms with Crippen molar-refractivity contribution in [3.05, 3.63) is 33.2 Å². The third-order valence-electron chi connectivity index (χ3n) is 6.18. The zero-order valence-corrected chi connectivity index (χ0v) is 18.7. The van der Waals surface area contributed by atoms with E-state index in [1.165, 1.54) is 17.1 Å². The van der Waals surface area contributed by atoms with Crippen molar-refractivity contribution in [2.45, 2.75) is 59.5 Å². The van der Waals surface area contributed by atoms with Crippen LogP contribution in [-0.4, -0.2) is 53.5 Å². The molecule has 0 saturated carbocycles. The van der Waals surface area contributed by atoms with Crippen LogP contribution in [0, 0.1) is 19.3 Å². The van der Waals surface area contributed by atoms with Crippen molar-refractivity contribution < 1.29 is 9.59 Å². The molecule has 0 aromatic carbocycles. The van der Waals surface area contributed by atoms with E-state index >= 15 is 0 Å². The number of piperidine rings is 1. The molecule has 2 N–H and O–H groups in total. The first-order valence-corrected chi connectivity index (χ1v) is 10.2. The molecule has 3 rings (SSSR count). The predicted molar refractivity (Wildman–Crippen MR) is 116 cm³/mol. The van der Waals surface area contributed by atoms with Crippen molar-refractivity contribution in [2.75, 3.05) is 26.2 Å². The summed E-state index contributed by atoms with van der Waals surface area (Å²) in [5, 5.41) is 6.24. The number of nitrogens with one attached hydrogen (secondary N) is 2. The first-order chi connectivity index (χ1) is 13.2. The molecule has 29 heavy (non-hydrogen) atoms. The molecular formula is C21H33ClN4O3. The number of pyridine rings is 1. The minimum absolute atomic E-state index is 0. The fraction of sp³-hybridized carbons (Fsp3) is 0.667. The largest absolute Gasteiger partial charge is 0.352 e. The zero-order valence-electron chi connectivity index (χ0n) is 17.8. The fourth-order valence-electron chi connectivity index (χ4n) is 4.52. The Kier molecular flexibility index (Phi) is 7.51. The van der Waals surface area contributed by atoms with Gasteiger partial charge in [-0.25, -0.2) is 0 Å². The number of amides is 2. The Morgan fingerprint density at radius 3 is 2.41 bits per heavy atom. The summed E-state index contributed by atoms with van der Waals surface area (Å²) in [5.74, 6) is -0.259. The number of likely N-dealkylation sites (tertiary alicyclic amines) is 1. The lowest BCUT2D eigenvalue weighted by Crippen LogP contribution is -2.45. The van der Waals surface area contributed by atoms with Crippen molar-refractivity contribution in [1.29, 1.82) is 0 Å². The van der Waals surface area contributed by atoms with Gasteiger partial charge in [0.15, 0.2) is 0 Å². The molecule has 1 spiro atoms. The van der Waals surface area contributed by atoms with Gasteiger partial charge in [0.05, 0.1) is 5.56 Å². The minimum Gasteiger partial charge on any atom is -0.352 e. The molecule has 0 radical (unpaired) electrons. The van der Waals surface area contributed by atoms with E-state index in [9.17, 15) is 14.4 Å². The van der Waals surface area contributed by atoms with Gasteiger partial charge in [-0.3, -0.25) is 14.4 Å². The lowest BCUT2D eigenvalue weighted by Gasteiger charge is -2.39. The molecule has 7 nitrogen and oxygen atoms in total. The summed E-state index contributed by atoms with van der Waals surface area (Å²) in [6, 6.07) is 1.47. The summed E-state index contributed by atoms with van der Waals surface area (Å²) in [5.41, 5.74) is 1.89. The number of nitrogens with zero attached hydrogens (tertiary/aromatic N) is 2. The number of hydrogen-bond donors (Lipinski definition) is 2. The normalized spacial score (nSPS) is 18.0. The molecule has 0 aliphatic carbocycles. The number of aromatic nitrogens is 1. The van der Waals surface area contributed by atoms with Gasteiger partial charge in [-0.1, -0.05) is 0 Å². The molecule has 3 heterocycles. The molecule has 2 amide bonds.